The molecule has 0 amide bonds. The van der Waals surface area contributed by atoms with Gasteiger partial charge in [-0.15, -0.1) is 0 Å². The van der Waals surface area contributed by atoms with Crippen LogP contribution in [0.2, 0.25) is 0 Å². The van der Waals surface area contributed by atoms with E-state index in [0.29, 0.717) is 0 Å². The summed E-state index contributed by atoms with van der Waals surface area (Å²) in [6, 6.07) is 0. The van der Waals surface area contributed by atoms with Crippen LogP contribution in [0.3, 0.4) is 0 Å². The van der Waals surface area contributed by atoms with E-state index in [2.05, 4.69) is 0 Å². The zero-order valence-corrected chi connectivity index (χ0v) is 7.61. The number of carbonyl (C=O) groups is 1. The summed E-state index contributed by atoms with van der Waals surface area (Å²) in [6.45, 7) is -0.760. The molecule has 6 nitrogen and oxygen atoms in total. The maximum atomic E-state index is 9.90. The molecule has 0 saturated heterocycles. The van der Waals surface area contributed by atoms with Crippen LogP contribution < -0.4 is 0 Å². The molecule has 0 aromatic heterocycles. The van der Waals surface area contributed by atoms with Gasteiger partial charge in [-0.05, 0) is 0 Å². The minimum absolute atomic E-state index is 0. The predicted molar refractivity (Wildman–Crippen MR) is 37.2 cm³/mol. The van der Waals surface area contributed by atoms with Crippen molar-refractivity contribution in [2.24, 2.45) is 0 Å². The topological polar surface area (TPSA) is 118 Å². The molecule has 0 aliphatic heterocycles. The molecule has 5 N–H and O–H groups in total. The van der Waals surface area contributed by atoms with E-state index in [1.54, 1.807) is 0 Å². The Labute approximate surface area is 85.0 Å². The summed E-state index contributed by atoms with van der Waals surface area (Å²) in [5, 5.41) is 43.5. The molecule has 0 aliphatic rings. The first kappa shape index (κ1) is 15.4. The van der Waals surface area contributed by atoms with Crippen molar-refractivity contribution < 1.29 is 47.1 Å². The number of aldehydes is 1. The summed E-state index contributed by atoms with van der Waals surface area (Å²) in [5.74, 6) is 0. The van der Waals surface area contributed by atoms with Gasteiger partial charge in [0.2, 0.25) is 0 Å². The third kappa shape index (κ3) is 4.67. The zero-order chi connectivity index (χ0) is 9.72. The first-order chi connectivity index (χ1) is 5.54. The van der Waals surface area contributed by atoms with Crippen molar-refractivity contribution in [2.45, 2.75) is 24.4 Å². The second kappa shape index (κ2) is 7.39. The van der Waals surface area contributed by atoms with Crippen LogP contribution in [-0.2, 0) is 21.6 Å². The van der Waals surface area contributed by atoms with Crippen molar-refractivity contribution in [2.75, 3.05) is 6.61 Å². The second-order valence-electron chi connectivity index (χ2n) is 2.36. The van der Waals surface area contributed by atoms with Gasteiger partial charge in [0.05, 0.1) is 6.61 Å². The van der Waals surface area contributed by atoms with Gasteiger partial charge in [-0.3, -0.25) is 0 Å². The van der Waals surface area contributed by atoms with E-state index in [1.165, 1.54) is 0 Å². The number of hydrogen-bond donors (Lipinski definition) is 5. The maximum Gasteiger partial charge on any atom is 0.151 e. The van der Waals surface area contributed by atoms with Crippen molar-refractivity contribution in [1.82, 2.24) is 0 Å². The fraction of sp³-hybridized carbons (Fsp3) is 0.833. The first-order valence-electron chi connectivity index (χ1n) is 3.33. The average molecular weight is 239 g/mol. The van der Waals surface area contributed by atoms with E-state index in [4.69, 9.17) is 25.5 Å². The first-order valence-corrected chi connectivity index (χ1v) is 3.33. The monoisotopic (exact) mass is 239 g/mol. The molecule has 0 fully saturated rings. The minimum Gasteiger partial charge on any atom is -0.394 e. The summed E-state index contributed by atoms with van der Waals surface area (Å²) >= 11 is 0. The third-order valence-electron chi connectivity index (χ3n) is 1.42. The molecule has 0 rings (SSSR count). The standard InChI is InChI=1S/C6H12O6.Co/c7-1-3(9)5(11)6(12)4(10)2-8;/h1,3-6,8-12H,2H2;/t3-,4+,5+,6+;/m0./s1. The predicted octanol–water partition coefficient (Wildman–Crippen LogP) is -3.38. The largest absolute Gasteiger partial charge is 0.394 e. The van der Waals surface area contributed by atoms with Crippen molar-refractivity contribution in [3.63, 3.8) is 0 Å². The van der Waals surface area contributed by atoms with Gasteiger partial charge in [0.15, 0.2) is 6.29 Å². The zero-order valence-electron chi connectivity index (χ0n) is 6.57. The SMILES string of the molecule is O=C[C@H](O)[C@@H](O)[C@H](O)[C@H](O)CO.[Co]. The minimum atomic E-state index is -1.79. The second-order valence-corrected chi connectivity index (χ2v) is 2.36. The summed E-state index contributed by atoms with van der Waals surface area (Å²) in [7, 11) is 0. The van der Waals surface area contributed by atoms with Crippen LogP contribution in [0, 0.1) is 0 Å². The molecule has 0 aromatic rings. The van der Waals surface area contributed by atoms with Gasteiger partial charge in [-0.1, -0.05) is 0 Å². The van der Waals surface area contributed by atoms with Crippen molar-refractivity contribution in [1.29, 1.82) is 0 Å². The van der Waals surface area contributed by atoms with Gasteiger partial charge in [0.25, 0.3) is 0 Å². The molecule has 0 heterocycles. The van der Waals surface area contributed by atoms with Crippen LogP contribution in [0.5, 0.6) is 0 Å². The van der Waals surface area contributed by atoms with Crippen LogP contribution in [0.25, 0.3) is 0 Å². The fourth-order valence-corrected chi connectivity index (χ4v) is 0.618. The number of rotatable bonds is 5. The van der Waals surface area contributed by atoms with Crippen LogP contribution in [0.1, 0.15) is 0 Å². The van der Waals surface area contributed by atoms with E-state index in [-0.39, 0.29) is 23.1 Å². The van der Waals surface area contributed by atoms with E-state index >= 15 is 0 Å². The normalized spacial score (nSPS) is 19.5. The molecule has 13 heavy (non-hydrogen) atoms. The van der Waals surface area contributed by atoms with Crippen molar-refractivity contribution in [3.8, 4) is 0 Å². The summed E-state index contributed by atoms with van der Waals surface area (Å²) < 4.78 is 0. The molecule has 81 valence electrons. The maximum absolute atomic E-state index is 9.90. The quantitative estimate of drug-likeness (QED) is 0.319. The van der Waals surface area contributed by atoms with Gasteiger partial charge in [0, 0.05) is 16.8 Å². The summed E-state index contributed by atoms with van der Waals surface area (Å²) in [6.07, 6.45) is -6.84. The molecule has 0 aromatic carbocycles. The molecule has 0 saturated carbocycles. The number of aliphatic hydroxyl groups excluding tert-OH is 5. The molecule has 0 unspecified atom stereocenters. The molecule has 0 bridgehead atoms. The van der Waals surface area contributed by atoms with Crippen molar-refractivity contribution in [3.05, 3.63) is 0 Å². The van der Waals surface area contributed by atoms with Crippen LogP contribution in [0.15, 0.2) is 0 Å². The molecule has 1 radical (unpaired) electrons. The van der Waals surface area contributed by atoms with Gasteiger partial charge in [0.1, 0.15) is 24.4 Å². The van der Waals surface area contributed by atoms with E-state index in [1.807, 2.05) is 0 Å². The van der Waals surface area contributed by atoms with Gasteiger partial charge >= 0.3 is 0 Å². The Morgan fingerprint density at radius 2 is 1.54 bits per heavy atom. The van der Waals surface area contributed by atoms with Crippen LogP contribution in [-0.4, -0.2) is 62.8 Å². The van der Waals surface area contributed by atoms with E-state index < -0.39 is 31.0 Å². The Bertz CT molecular complexity index is 143. The molecule has 0 spiro atoms. The van der Waals surface area contributed by atoms with Crippen molar-refractivity contribution >= 4 is 6.29 Å². The van der Waals surface area contributed by atoms with Gasteiger partial charge in [-0.25, -0.2) is 0 Å². The Kier molecular flexibility index (Phi) is 8.78. The molecule has 7 heteroatoms. The Hall–Kier alpha value is -0.0235. The molecular formula is C6H12CoO6. The van der Waals surface area contributed by atoms with Crippen LogP contribution >= 0.6 is 0 Å². The number of hydrogen-bond acceptors (Lipinski definition) is 6. The Morgan fingerprint density at radius 3 is 1.85 bits per heavy atom. The number of carbonyl (C=O) groups excluding carboxylic acids is 1. The smallest absolute Gasteiger partial charge is 0.151 e. The van der Waals surface area contributed by atoms with Gasteiger partial charge < -0.3 is 30.3 Å². The van der Waals surface area contributed by atoms with E-state index in [0.717, 1.165) is 0 Å². The molecule has 4 atom stereocenters. The summed E-state index contributed by atoms with van der Waals surface area (Å²) in [5.41, 5.74) is 0. The van der Waals surface area contributed by atoms with Gasteiger partial charge in [-0.2, -0.15) is 0 Å². The Morgan fingerprint density at radius 1 is 1.08 bits per heavy atom. The summed E-state index contributed by atoms with van der Waals surface area (Å²) in [4.78, 5) is 9.90. The Balaban J connectivity index is 0. The molecular weight excluding hydrogens is 227 g/mol. The van der Waals surface area contributed by atoms with Crippen LogP contribution in [0.4, 0.5) is 0 Å². The molecule has 0 aliphatic carbocycles. The van der Waals surface area contributed by atoms with E-state index in [9.17, 15) is 4.79 Å². The average Bonchev–Trinajstić information content (AvgIpc) is 2.12. The number of aliphatic hydroxyl groups is 5. The fourth-order valence-electron chi connectivity index (χ4n) is 0.618. The third-order valence-corrected chi connectivity index (χ3v) is 1.42.